The molecule has 1 aliphatic heterocycles. The maximum atomic E-state index is 12.7. The number of benzene rings is 2. The van der Waals surface area contributed by atoms with Gasteiger partial charge in [0.2, 0.25) is 11.2 Å². The van der Waals surface area contributed by atoms with Crippen LogP contribution >= 0.6 is 0 Å². The second-order valence-corrected chi connectivity index (χ2v) is 4.81. The van der Waals surface area contributed by atoms with Crippen LogP contribution in [0.15, 0.2) is 57.9 Å². The van der Waals surface area contributed by atoms with Gasteiger partial charge in [0, 0.05) is 0 Å². The molecule has 0 unspecified atom stereocenters. The fourth-order valence-electron chi connectivity index (χ4n) is 2.52. The molecule has 0 saturated heterocycles. The molecule has 0 atom stereocenters. The Balaban J connectivity index is 1.99. The molecule has 1 aromatic heterocycles. The lowest BCUT2D eigenvalue weighted by molar-refractivity contribution is 0.172. The molecule has 4 rings (SSSR count). The molecule has 0 N–H and O–H groups in total. The van der Waals surface area contributed by atoms with Gasteiger partial charge in [-0.15, -0.1) is 0 Å². The maximum absolute atomic E-state index is 12.7. The molecule has 4 nitrogen and oxygen atoms in total. The number of hydrogen-bond acceptors (Lipinski definition) is 4. The fourth-order valence-corrected chi connectivity index (χ4v) is 2.52. The minimum Gasteiger partial charge on any atom is -0.486 e. The summed E-state index contributed by atoms with van der Waals surface area (Å²) in [5, 5.41) is 0.501. The monoisotopic (exact) mass is 280 g/mol. The fraction of sp³-hybridized carbons (Fsp3) is 0.118. The zero-order valence-electron chi connectivity index (χ0n) is 11.2. The smallest absolute Gasteiger partial charge is 0.205 e. The van der Waals surface area contributed by atoms with Crippen molar-refractivity contribution in [1.29, 1.82) is 0 Å². The van der Waals surface area contributed by atoms with Crippen molar-refractivity contribution in [2.45, 2.75) is 0 Å². The summed E-state index contributed by atoms with van der Waals surface area (Å²) in [6.07, 6.45) is 1.48. The predicted octanol–water partition coefficient (Wildman–Crippen LogP) is 3.23. The van der Waals surface area contributed by atoms with Gasteiger partial charge in [-0.2, -0.15) is 0 Å². The molecule has 0 amide bonds. The first-order valence-corrected chi connectivity index (χ1v) is 6.74. The van der Waals surface area contributed by atoms with Crippen molar-refractivity contribution in [3.8, 4) is 22.6 Å². The van der Waals surface area contributed by atoms with Crippen molar-refractivity contribution in [1.82, 2.24) is 0 Å². The van der Waals surface area contributed by atoms with Crippen LogP contribution in [0.4, 0.5) is 0 Å². The SMILES string of the molecule is O=c1c(-c2ccccc2)coc2c3c(ccc12)OCCO3. The maximum Gasteiger partial charge on any atom is 0.205 e. The molecule has 2 aromatic carbocycles. The van der Waals surface area contributed by atoms with E-state index < -0.39 is 0 Å². The van der Waals surface area contributed by atoms with Gasteiger partial charge in [-0.25, -0.2) is 0 Å². The summed E-state index contributed by atoms with van der Waals surface area (Å²) in [6, 6.07) is 12.9. The van der Waals surface area contributed by atoms with Crippen LogP contribution in [-0.4, -0.2) is 13.2 Å². The van der Waals surface area contributed by atoms with Gasteiger partial charge >= 0.3 is 0 Å². The van der Waals surface area contributed by atoms with E-state index in [0.29, 0.717) is 41.2 Å². The van der Waals surface area contributed by atoms with E-state index in [9.17, 15) is 4.79 Å². The average Bonchev–Trinajstić information content (AvgIpc) is 2.56. The zero-order valence-corrected chi connectivity index (χ0v) is 11.2. The highest BCUT2D eigenvalue weighted by Gasteiger charge is 2.19. The Morgan fingerprint density at radius 1 is 0.905 bits per heavy atom. The van der Waals surface area contributed by atoms with Gasteiger partial charge in [-0.3, -0.25) is 4.79 Å². The van der Waals surface area contributed by atoms with E-state index in [1.807, 2.05) is 30.3 Å². The lowest BCUT2D eigenvalue weighted by atomic mass is 10.1. The summed E-state index contributed by atoms with van der Waals surface area (Å²) in [6.45, 7) is 0.959. The van der Waals surface area contributed by atoms with Crippen LogP contribution in [0.2, 0.25) is 0 Å². The summed E-state index contributed by atoms with van der Waals surface area (Å²) >= 11 is 0. The van der Waals surface area contributed by atoms with Crippen LogP contribution in [0.1, 0.15) is 0 Å². The van der Waals surface area contributed by atoms with Crippen molar-refractivity contribution in [3.63, 3.8) is 0 Å². The van der Waals surface area contributed by atoms with Gasteiger partial charge in [0.15, 0.2) is 11.3 Å². The van der Waals surface area contributed by atoms with Crippen molar-refractivity contribution < 1.29 is 13.9 Å². The second-order valence-electron chi connectivity index (χ2n) is 4.81. The normalized spacial score (nSPS) is 13.3. The third-order valence-corrected chi connectivity index (χ3v) is 3.53. The standard InChI is InChI=1S/C17H12O4/c18-15-12-6-7-14-17(20-9-8-19-14)16(12)21-10-13(15)11-4-2-1-3-5-11/h1-7,10H,8-9H2. The number of rotatable bonds is 1. The Labute approximate surface area is 120 Å². The Morgan fingerprint density at radius 3 is 2.57 bits per heavy atom. The highest BCUT2D eigenvalue weighted by atomic mass is 16.6. The third kappa shape index (κ3) is 1.88. The lowest BCUT2D eigenvalue weighted by Crippen LogP contribution is -2.16. The molecular formula is C17H12O4. The van der Waals surface area contributed by atoms with Gasteiger partial charge < -0.3 is 13.9 Å². The first kappa shape index (κ1) is 12.0. The van der Waals surface area contributed by atoms with Crippen LogP contribution in [0, 0.1) is 0 Å². The molecule has 4 heteroatoms. The molecule has 2 heterocycles. The zero-order chi connectivity index (χ0) is 14.2. The molecule has 1 aliphatic rings. The molecule has 104 valence electrons. The summed E-state index contributed by atoms with van der Waals surface area (Å²) in [4.78, 5) is 12.7. The van der Waals surface area contributed by atoms with Crippen LogP contribution in [0.25, 0.3) is 22.1 Å². The summed E-state index contributed by atoms with van der Waals surface area (Å²) in [7, 11) is 0. The van der Waals surface area contributed by atoms with Gasteiger partial charge in [-0.05, 0) is 17.7 Å². The predicted molar refractivity (Wildman–Crippen MR) is 78.9 cm³/mol. The largest absolute Gasteiger partial charge is 0.486 e. The molecule has 0 aliphatic carbocycles. The van der Waals surface area contributed by atoms with E-state index >= 15 is 0 Å². The minimum atomic E-state index is -0.0700. The Kier molecular flexibility index (Phi) is 2.67. The average molecular weight is 280 g/mol. The topological polar surface area (TPSA) is 48.7 Å². The number of hydrogen-bond donors (Lipinski definition) is 0. The van der Waals surface area contributed by atoms with Gasteiger partial charge in [0.05, 0.1) is 10.9 Å². The highest BCUT2D eigenvalue weighted by molar-refractivity contribution is 5.88. The van der Waals surface area contributed by atoms with Crippen molar-refractivity contribution in [3.05, 3.63) is 59.0 Å². The van der Waals surface area contributed by atoms with Gasteiger partial charge in [0.1, 0.15) is 19.5 Å². The van der Waals surface area contributed by atoms with Crippen molar-refractivity contribution in [2.75, 3.05) is 13.2 Å². The first-order chi connectivity index (χ1) is 10.3. The first-order valence-electron chi connectivity index (χ1n) is 6.74. The molecule has 0 radical (unpaired) electrons. The summed E-state index contributed by atoms with van der Waals surface area (Å²) < 4.78 is 16.8. The van der Waals surface area contributed by atoms with Gasteiger partial charge in [-0.1, -0.05) is 30.3 Å². The van der Waals surface area contributed by atoms with Crippen LogP contribution in [0.3, 0.4) is 0 Å². The molecule has 0 fully saturated rings. The van der Waals surface area contributed by atoms with Crippen LogP contribution in [-0.2, 0) is 0 Å². The summed E-state index contributed by atoms with van der Waals surface area (Å²) in [5.74, 6) is 1.12. The third-order valence-electron chi connectivity index (χ3n) is 3.53. The van der Waals surface area contributed by atoms with Crippen LogP contribution in [0.5, 0.6) is 11.5 Å². The van der Waals surface area contributed by atoms with E-state index in [1.165, 1.54) is 6.26 Å². The molecule has 0 saturated carbocycles. The van der Waals surface area contributed by atoms with E-state index in [1.54, 1.807) is 12.1 Å². The molecule has 3 aromatic rings. The molecular weight excluding hydrogens is 268 g/mol. The highest BCUT2D eigenvalue weighted by Crippen LogP contribution is 2.37. The molecule has 0 spiro atoms. The Morgan fingerprint density at radius 2 is 1.71 bits per heavy atom. The van der Waals surface area contributed by atoms with E-state index in [0.717, 1.165) is 5.56 Å². The van der Waals surface area contributed by atoms with Crippen molar-refractivity contribution in [2.24, 2.45) is 0 Å². The summed E-state index contributed by atoms with van der Waals surface area (Å²) in [5.41, 5.74) is 1.75. The minimum absolute atomic E-state index is 0.0700. The van der Waals surface area contributed by atoms with Gasteiger partial charge in [0.25, 0.3) is 0 Å². The second kappa shape index (κ2) is 4.66. The quantitative estimate of drug-likeness (QED) is 0.686. The Bertz CT molecular complexity index is 865. The lowest BCUT2D eigenvalue weighted by Gasteiger charge is -2.18. The number of fused-ring (bicyclic) bond motifs is 3. The molecule has 0 bridgehead atoms. The Hall–Kier alpha value is -2.75. The molecule has 21 heavy (non-hydrogen) atoms. The van der Waals surface area contributed by atoms with Crippen LogP contribution < -0.4 is 14.9 Å². The van der Waals surface area contributed by atoms with E-state index in [4.69, 9.17) is 13.9 Å². The van der Waals surface area contributed by atoms with E-state index in [2.05, 4.69) is 0 Å². The van der Waals surface area contributed by atoms with Crippen molar-refractivity contribution >= 4 is 11.0 Å². The number of ether oxygens (including phenoxy) is 2. The van der Waals surface area contributed by atoms with E-state index in [-0.39, 0.29) is 5.43 Å².